The van der Waals surface area contributed by atoms with Crippen molar-refractivity contribution in [1.29, 1.82) is 0 Å². The van der Waals surface area contributed by atoms with Crippen molar-refractivity contribution in [1.82, 2.24) is 4.90 Å². The highest BCUT2D eigenvalue weighted by Gasteiger charge is 2.38. The summed E-state index contributed by atoms with van der Waals surface area (Å²) in [6.07, 6.45) is 0.363. The molecule has 1 unspecified atom stereocenters. The fraction of sp³-hybridized carbons (Fsp3) is 0.467. The van der Waals surface area contributed by atoms with E-state index >= 15 is 0 Å². The van der Waals surface area contributed by atoms with E-state index in [1.807, 2.05) is 0 Å². The Labute approximate surface area is 128 Å². The number of nitrogens with two attached hydrogens (primary N) is 1. The third-order valence-corrected chi connectivity index (χ3v) is 3.61. The number of amides is 2. The van der Waals surface area contributed by atoms with E-state index in [0.717, 1.165) is 0 Å². The maximum atomic E-state index is 14.2. The number of carbonyl (C=O) groups is 2. The first-order valence-electron chi connectivity index (χ1n) is 7.02. The summed E-state index contributed by atoms with van der Waals surface area (Å²) in [5.41, 5.74) is 4.71. The highest BCUT2D eigenvalue weighted by molar-refractivity contribution is 5.95. The molecule has 1 aromatic carbocycles. The summed E-state index contributed by atoms with van der Waals surface area (Å²) in [6.45, 7) is 0.870. The van der Waals surface area contributed by atoms with E-state index in [2.05, 4.69) is 5.32 Å². The Morgan fingerprint density at radius 3 is 2.68 bits per heavy atom. The molecule has 3 N–H and O–H groups in total. The first-order chi connectivity index (χ1) is 10.4. The van der Waals surface area contributed by atoms with Gasteiger partial charge in [-0.05, 0) is 30.7 Å². The number of halogens is 1. The first kappa shape index (κ1) is 16.4. The van der Waals surface area contributed by atoms with Crippen molar-refractivity contribution in [3.8, 4) is 0 Å². The van der Waals surface area contributed by atoms with Crippen LogP contribution < -0.4 is 11.1 Å². The molecular weight excluding hydrogens is 289 g/mol. The molecule has 0 radical (unpaired) electrons. The molecule has 2 rings (SSSR count). The molecule has 0 bridgehead atoms. The van der Waals surface area contributed by atoms with Gasteiger partial charge in [-0.25, -0.2) is 4.39 Å². The topological polar surface area (TPSA) is 84.7 Å². The molecule has 0 aliphatic carbocycles. The molecule has 22 heavy (non-hydrogen) atoms. The van der Waals surface area contributed by atoms with Gasteiger partial charge in [0.05, 0.1) is 13.2 Å². The standard InChI is InChI=1S/C15H20FN3O3/c1-22-10-15(16)6-7-19(9-15)8-13(20)18-12-4-2-11(3-5-12)14(17)21/h2-5H,6-10H2,1H3,(H2,17,21)(H,18,20). The molecule has 1 heterocycles. The van der Waals surface area contributed by atoms with Crippen LogP contribution in [0.4, 0.5) is 10.1 Å². The Kier molecular flexibility index (Phi) is 5.10. The molecule has 0 aromatic heterocycles. The lowest BCUT2D eigenvalue weighted by molar-refractivity contribution is -0.117. The van der Waals surface area contributed by atoms with Crippen molar-refractivity contribution in [2.75, 3.05) is 38.7 Å². The molecule has 1 aromatic rings. The number of benzene rings is 1. The smallest absolute Gasteiger partial charge is 0.248 e. The third-order valence-electron chi connectivity index (χ3n) is 3.61. The normalized spacial score (nSPS) is 21.7. The highest BCUT2D eigenvalue weighted by atomic mass is 19.1. The third kappa shape index (κ3) is 4.25. The minimum absolute atomic E-state index is 0.0414. The summed E-state index contributed by atoms with van der Waals surface area (Å²) < 4.78 is 19.1. The number of hydrogen-bond donors (Lipinski definition) is 2. The second-order valence-corrected chi connectivity index (χ2v) is 5.53. The summed E-state index contributed by atoms with van der Waals surface area (Å²) in [5, 5.41) is 2.71. The van der Waals surface area contributed by atoms with Crippen molar-refractivity contribution in [2.24, 2.45) is 5.73 Å². The SMILES string of the molecule is COCC1(F)CCN(CC(=O)Nc2ccc(C(N)=O)cc2)C1. The molecule has 1 saturated heterocycles. The number of methoxy groups -OCH3 is 1. The Morgan fingerprint density at radius 2 is 2.09 bits per heavy atom. The van der Waals surface area contributed by atoms with Crippen LogP contribution in [-0.2, 0) is 9.53 Å². The number of carbonyl (C=O) groups excluding carboxylic acids is 2. The maximum Gasteiger partial charge on any atom is 0.248 e. The predicted octanol–water partition coefficient (Wildman–Crippen LogP) is 0.784. The molecule has 0 saturated carbocycles. The highest BCUT2D eigenvalue weighted by Crippen LogP contribution is 2.25. The Bertz CT molecular complexity index is 549. The van der Waals surface area contributed by atoms with Crippen LogP contribution in [0.3, 0.4) is 0 Å². The van der Waals surface area contributed by atoms with Gasteiger partial charge in [0.2, 0.25) is 11.8 Å². The first-order valence-corrected chi connectivity index (χ1v) is 7.02. The van der Waals surface area contributed by atoms with Gasteiger partial charge in [-0.15, -0.1) is 0 Å². The lowest BCUT2D eigenvalue weighted by atomic mass is 10.1. The van der Waals surface area contributed by atoms with Crippen LogP contribution in [0.25, 0.3) is 0 Å². The van der Waals surface area contributed by atoms with E-state index < -0.39 is 11.6 Å². The van der Waals surface area contributed by atoms with Gasteiger partial charge in [-0.1, -0.05) is 0 Å². The van der Waals surface area contributed by atoms with Crippen LogP contribution in [0, 0.1) is 0 Å². The van der Waals surface area contributed by atoms with E-state index in [-0.39, 0.29) is 25.6 Å². The van der Waals surface area contributed by atoms with Gasteiger partial charge in [-0.2, -0.15) is 0 Å². The van der Waals surface area contributed by atoms with Crippen LogP contribution in [0.15, 0.2) is 24.3 Å². The zero-order valence-corrected chi connectivity index (χ0v) is 12.5. The number of primary amides is 1. The average molecular weight is 309 g/mol. The van der Waals surface area contributed by atoms with Crippen LogP contribution >= 0.6 is 0 Å². The number of hydrogen-bond acceptors (Lipinski definition) is 4. The summed E-state index contributed by atoms with van der Waals surface area (Å²) >= 11 is 0. The number of likely N-dealkylation sites (tertiary alicyclic amines) is 1. The van der Waals surface area contributed by atoms with E-state index in [4.69, 9.17) is 10.5 Å². The summed E-state index contributed by atoms with van der Waals surface area (Å²) in [5.74, 6) is -0.749. The second kappa shape index (κ2) is 6.85. The molecule has 120 valence electrons. The molecule has 0 spiro atoms. The van der Waals surface area contributed by atoms with Gasteiger partial charge in [-0.3, -0.25) is 14.5 Å². The fourth-order valence-corrected chi connectivity index (χ4v) is 2.55. The largest absolute Gasteiger partial charge is 0.381 e. The van der Waals surface area contributed by atoms with E-state index in [1.54, 1.807) is 29.2 Å². The molecule has 1 fully saturated rings. The zero-order valence-electron chi connectivity index (χ0n) is 12.5. The van der Waals surface area contributed by atoms with Gasteiger partial charge in [0.1, 0.15) is 5.67 Å². The van der Waals surface area contributed by atoms with E-state index in [0.29, 0.717) is 24.2 Å². The van der Waals surface area contributed by atoms with Crippen molar-refractivity contribution < 1.29 is 18.7 Å². The van der Waals surface area contributed by atoms with Crippen LogP contribution in [0.1, 0.15) is 16.8 Å². The number of rotatable bonds is 6. The summed E-state index contributed by atoms with van der Waals surface area (Å²) in [7, 11) is 1.46. The Morgan fingerprint density at radius 1 is 1.41 bits per heavy atom. The van der Waals surface area contributed by atoms with Crippen LogP contribution in [0.5, 0.6) is 0 Å². The van der Waals surface area contributed by atoms with E-state index in [9.17, 15) is 14.0 Å². The minimum Gasteiger partial charge on any atom is -0.381 e. The fourth-order valence-electron chi connectivity index (χ4n) is 2.55. The van der Waals surface area contributed by atoms with Crippen LogP contribution in [0.2, 0.25) is 0 Å². The Hall–Kier alpha value is -1.99. The van der Waals surface area contributed by atoms with Gasteiger partial charge in [0.25, 0.3) is 0 Å². The quantitative estimate of drug-likeness (QED) is 0.813. The molecular formula is C15H20FN3O3. The predicted molar refractivity (Wildman–Crippen MR) is 80.4 cm³/mol. The molecule has 1 aliphatic heterocycles. The molecule has 6 nitrogen and oxygen atoms in total. The van der Waals surface area contributed by atoms with Gasteiger partial charge >= 0.3 is 0 Å². The van der Waals surface area contributed by atoms with Gasteiger partial charge in [0, 0.05) is 31.5 Å². The molecule has 2 amide bonds. The molecule has 1 atom stereocenters. The number of alkyl halides is 1. The molecule has 7 heteroatoms. The summed E-state index contributed by atoms with van der Waals surface area (Å²) in [4.78, 5) is 24.7. The summed E-state index contributed by atoms with van der Waals surface area (Å²) in [6, 6.07) is 6.29. The number of nitrogens with zero attached hydrogens (tertiary/aromatic N) is 1. The van der Waals surface area contributed by atoms with Gasteiger partial charge in [0.15, 0.2) is 0 Å². The monoisotopic (exact) mass is 309 g/mol. The number of nitrogens with one attached hydrogen (secondary N) is 1. The van der Waals surface area contributed by atoms with Crippen molar-refractivity contribution in [2.45, 2.75) is 12.1 Å². The maximum absolute atomic E-state index is 14.2. The molecule has 1 aliphatic rings. The number of ether oxygens (including phenoxy) is 1. The lowest BCUT2D eigenvalue weighted by Crippen LogP contribution is -2.36. The van der Waals surface area contributed by atoms with Crippen molar-refractivity contribution in [3.63, 3.8) is 0 Å². The number of anilines is 1. The van der Waals surface area contributed by atoms with Crippen molar-refractivity contribution >= 4 is 17.5 Å². The van der Waals surface area contributed by atoms with E-state index in [1.165, 1.54) is 7.11 Å². The zero-order chi connectivity index (χ0) is 16.2. The Balaban J connectivity index is 1.84. The van der Waals surface area contributed by atoms with Crippen LogP contribution in [-0.4, -0.2) is 55.7 Å². The van der Waals surface area contributed by atoms with Gasteiger partial charge < -0.3 is 15.8 Å². The lowest BCUT2D eigenvalue weighted by Gasteiger charge is -2.19. The minimum atomic E-state index is -1.38. The van der Waals surface area contributed by atoms with Crippen molar-refractivity contribution in [3.05, 3.63) is 29.8 Å². The average Bonchev–Trinajstić information content (AvgIpc) is 2.80. The second-order valence-electron chi connectivity index (χ2n) is 5.53.